The molecule has 3 aromatic rings. The van der Waals surface area contributed by atoms with Crippen molar-refractivity contribution in [3.63, 3.8) is 0 Å². The van der Waals surface area contributed by atoms with E-state index in [0.29, 0.717) is 6.54 Å². The first kappa shape index (κ1) is 20.1. The molecular weight excluding hydrogens is 383 g/mol. The second-order valence-electron chi connectivity index (χ2n) is 7.58. The van der Waals surface area contributed by atoms with E-state index in [1.165, 1.54) is 4.88 Å². The Morgan fingerprint density at radius 3 is 2.66 bits per heavy atom. The third kappa shape index (κ3) is 5.47. The molecule has 1 aliphatic rings. The lowest BCUT2D eigenvalue weighted by Gasteiger charge is -2.22. The lowest BCUT2D eigenvalue weighted by molar-refractivity contribution is 0.250. The van der Waals surface area contributed by atoms with Crippen molar-refractivity contribution in [2.75, 3.05) is 32.7 Å². The minimum Gasteiger partial charge on any atom is -0.302 e. The summed E-state index contributed by atoms with van der Waals surface area (Å²) in [4.78, 5) is 15.3. The van der Waals surface area contributed by atoms with Crippen LogP contribution in [-0.4, -0.2) is 52.5 Å². The zero-order valence-electron chi connectivity index (χ0n) is 16.9. The Morgan fingerprint density at radius 2 is 1.83 bits per heavy atom. The molecule has 6 heteroatoms. The highest BCUT2D eigenvalue weighted by atomic mass is 32.1. The molecule has 1 saturated heterocycles. The van der Waals surface area contributed by atoms with E-state index in [1.54, 1.807) is 23.5 Å². The van der Waals surface area contributed by atoms with Crippen LogP contribution in [0.2, 0.25) is 0 Å². The van der Waals surface area contributed by atoms with E-state index in [2.05, 4.69) is 43.3 Å². The van der Waals surface area contributed by atoms with Crippen molar-refractivity contribution in [3.8, 4) is 10.6 Å². The molecule has 1 aromatic carbocycles. The van der Waals surface area contributed by atoms with Crippen LogP contribution >= 0.6 is 11.3 Å². The number of rotatable bonds is 6. The average molecular weight is 411 g/mol. The Balaban J connectivity index is 1.32. The zero-order valence-corrected chi connectivity index (χ0v) is 17.7. The molecule has 0 N–H and O–H groups in total. The van der Waals surface area contributed by atoms with Crippen molar-refractivity contribution in [3.05, 3.63) is 70.7 Å². The highest BCUT2D eigenvalue weighted by Gasteiger charge is 2.16. The number of thiophene rings is 1. The third-order valence-corrected chi connectivity index (χ3v) is 6.27. The second-order valence-corrected chi connectivity index (χ2v) is 8.53. The minimum atomic E-state index is -0.103. The van der Waals surface area contributed by atoms with E-state index in [1.807, 2.05) is 19.1 Å². The first-order valence-electron chi connectivity index (χ1n) is 10.2. The van der Waals surface area contributed by atoms with Crippen LogP contribution in [-0.2, 0) is 13.0 Å². The summed E-state index contributed by atoms with van der Waals surface area (Å²) in [5.41, 5.74) is 2.92. The monoisotopic (exact) mass is 410 g/mol. The minimum absolute atomic E-state index is 0.103. The molecule has 0 radical (unpaired) electrons. The largest absolute Gasteiger partial charge is 0.302 e. The number of benzene rings is 1. The SMILES string of the molecule is Cc1nc(CCN2CCCN(Cc3ccccc3F)CC2)cc(-c2cccs2)n1. The predicted octanol–water partition coefficient (Wildman–Crippen LogP) is 4.40. The summed E-state index contributed by atoms with van der Waals surface area (Å²) in [5.74, 6) is 0.729. The normalized spacial score (nSPS) is 16.1. The van der Waals surface area contributed by atoms with Gasteiger partial charge in [0.1, 0.15) is 11.6 Å². The first-order chi connectivity index (χ1) is 14.2. The molecule has 0 amide bonds. The third-order valence-electron chi connectivity index (χ3n) is 5.38. The Labute approximate surface area is 176 Å². The lowest BCUT2D eigenvalue weighted by Crippen LogP contribution is -2.32. The van der Waals surface area contributed by atoms with Gasteiger partial charge in [-0.05, 0) is 50.0 Å². The fraction of sp³-hybridized carbons (Fsp3) is 0.391. The number of nitrogens with zero attached hydrogens (tertiary/aromatic N) is 4. The summed E-state index contributed by atoms with van der Waals surface area (Å²) >= 11 is 1.71. The van der Waals surface area contributed by atoms with Gasteiger partial charge in [0.15, 0.2) is 0 Å². The molecule has 0 saturated carbocycles. The fourth-order valence-electron chi connectivity index (χ4n) is 3.85. The standard InChI is InChI=1S/C23H27FN4S/c1-18-25-20(16-22(26-18)23-8-4-15-29-23)9-12-27-10-5-11-28(14-13-27)17-19-6-2-3-7-21(19)24/h2-4,6-8,15-16H,5,9-14,17H2,1H3. The maximum atomic E-state index is 13.9. The molecule has 3 heterocycles. The molecule has 0 aliphatic carbocycles. The summed E-state index contributed by atoms with van der Waals surface area (Å²) in [5, 5.41) is 2.08. The van der Waals surface area contributed by atoms with Gasteiger partial charge in [-0.15, -0.1) is 11.3 Å². The number of hydrogen-bond donors (Lipinski definition) is 0. The van der Waals surface area contributed by atoms with Crippen LogP contribution in [0.25, 0.3) is 10.6 Å². The molecule has 4 rings (SSSR count). The molecule has 0 atom stereocenters. The topological polar surface area (TPSA) is 32.3 Å². The maximum Gasteiger partial charge on any atom is 0.127 e. The number of aromatic nitrogens is 2. The molecule has 0 bridgehead atoms. The van der Waals surface area contributed by atoms with E-state index in [9.17, 15) is 4.39 Å². The van der Waals surface area contributed by atoms with Crippen LogP contribution in [0.4, 0.5) is 4.39 Å². The van der Waals surface area contributed by atoms with Crippen molar-refractivity contribution in [2.45, 2.75) is 26.3 Å². The van der Waals surface area contributed by atoms with Gasteiger partial charge in [-0.3, -0.25) is 4.90 Å². The van der Waals surface area contributed by atoms with Gasteiger partial charge in [-0.25, -0.2) is 14.4 Å². The van der Waals surface area contributed by atoms with Crippen LogP contribution in [0.1, 0.15) is 23.5 Å². The summed E-state index contributed by atoms with van der Waals surface area (Å²) in [6, 6.07) is 13.4. The zero-order chi connectivity index (χ0) is 20.1. The van der Waals surface area contributed by atoms with E-state index in [-0.39, 0.29) is 5.82 Å². The van der Waals surface area contributed by atoms with E-state index >= 15 is 0 Å². The van der Waals surface area contributed by atoms with Crippen LogP contribution < -0.4 is 0 Å². The van der Waals surface area contributed by atoms with Gasteiger partial charge >= 0.3 is 0 Å². The summed E-state index contributed by atoms with van der Waals surface area (Å²) < 4.78 is 13.9. The Bertz CT molecular complexity index is 928. The summed E-state index contributed by atoms with van der Waals surface area (Å²) in [6.07, 6.45) is 2.03. The predicted molar refractivity (Wildman–Crippen MR) is 117 cm³/mol. The van der Waals surface area contributed by atoms with Gasteiger partial charge < -0.3 is 4.90 Å². The maximum absolute atomic E-state index is 13.9. The van der Waals surface area contributed by atoms with Crippen LogP contribution in [0.5, 0.6) is 0 Å². The lowest BCUT2D eigenvalue weighted by atomic mass is 10.2. The van der Waals surface area contributed by atoms with Crippen molar-refractivity contribution < 1.29 is 4.39 Å². The summed E-state index contributed by atoms with van der Waals surface area (Å²) in [7, 11) is 0. The first-order valence-corrected chi connectivity index (χ1v) is 11.1. The van der Waals surface area contributed by atoms with E-state index < -0.39 is 0 Å². The molecular formula is C23H27FN4S. The van der Waals surface area contributed by atoms with Gasteiger partial charge in [-0.2, -0.15) is 0 Å². The van der Waals surface area contributed by atoms with E-state index in [0.717, 1.165) is 68.3 Å². The number of halogens is 1. The van der Waals surface area contributed by atoms with Crippen LogP contribution in [0.15, 0.2) is 47.8 Å². The van der Waals surface area contributed by atoms with Crippen molar-refractivity contribution in [1.82, 2.24) is 19.8 Å². The van der Waals surface area contributed by atoms with Gasteiger partial charge in [-0.1, -0.05) is 24.3 Å². The molecule has 0 unspecified atom stereocenters. The van der Waals surface area contributed by atoms with Crippen LogP contribution in [0.3, 0.4) is 0 Å². The Hall–Kier alpha value is -2.15. The highest BCUT2D eigenvalue weighted by Crippen LogP contribution is 2.23. The smallest absolute Gasteiger partial charge is 0.127 e. The highest BCUT2D eigenvalue weighted by molar-refractivity contribution is 7.13. The summed E-state index contributed by atoms with van der Waals surface area (Å²) in [6.45, 7) is 7.72. The van der Waals surface area contributed by atoms with Gasteiger partial charge in [0, 0.05) is 43.9 Å². The quantitative estimate of drug-likeness (QED) is 0.603. The fourth-order valence-corrected chi connectivity index (χ4v) is 4.54. The average Bonchev–Trinajstić information content (AvgIpc) is 3.16. The van der Waals surface area contributed by atoms with Crippen molar-refractivity contribution in [1.29, 1.82) is 0 Å². The van der Waals surface area contributed by atoms with Crippen molar-refractivity contribution in [2.24, 2.45) is 0 Å². The molecule has 152 valence electrons. The molecule has 2 aromatic heterocycles. The molecule has 29 heavy (non-hydrogen) atoms. The van der Waals surface area contributed by atoms with Crippen LogP contribution in [0, 0.1) is 12.7 Å². The Morgan fingerprint density at radius 1 is 1.00 bits per heavy atom. The Kier molecular flexibility index (Phi) is 6.64. The van der Waals surface area contributed by atoms with Gasteiger partial charge in [0.05, 0.1) is 10.6 Å². The number of hydrogen-bond acceptors (Lipinski definition) is 5. The molecule has 1 fully saturated rings. The number of aryl methyl sites for hydroxylation is 1. The van der Waals surface area contributed by atoms with E-state index in [4.69, 9.17) is 0 Å². The molecule has 1 aliphatic heterocycles. The van der Waals surface area contributed by atoms with Crippen molar-refractivity contribution >= 4 is 11.3 Å². The molecule has 4 nitrogen and oxygen atoms in total. The van der Waals surface area contributed by atoms with Gasteiger partial charge in [0.2, 0.25) is 0 Å². The molecule has 0 spiro atoms. The van der Waals surface area contributed by atoms with Gasteiger partial charge in [0.25, 0.3) is 0 Å². The second kappa shape index (κ2) is 9.57.